The lowest BCUT2D eigenvalue weighted by atomic mass is 9.94. The van der Waals surface area contributed by atoms with E-state index in [9.17, 15) is 14.4 Å². The molecule has 7 heteroatoms. The van der Waals surface area contributed by atoms with Gasteiger partial charge in [0.25, 0.3) is 17.7 Å². The first-order valence-electron chi connectivity index (χ1n) is 10.1. The molecule has 1 aromatic rings. The van der Waals surface area contributed by atoms with Crippen LogP contribution in [0.2, 0.25) is 0 Å². The average molecular weight is 406 g/mol. The van der Waals surface area contributed by atoms with Gasteiger partial charge in [0.15, 0.2) is 0 Å². The van der Waals surface area contributed by atoms with Gasteiger partial charge in [0.2, 0.25) is 0 Å². The van der Waals surface area contributed by atoms with Crippen molar-refractivity contribution in [2.75, 3.05) is 20.1 Å². The Morgan fingerprint density at radius 2 is 1.64 bits per heavy atom. The number of hydrogen-bond donors (Lipinski definition) is 1. The van der Waals surface area contributed by atoms with Gasteiger partial charge < -0.3 is 10.2 Å². The number of nitrogens with zero attached hydrogens (tertiary/aromatic N) is 2. The van der Waals surface area contributed by atoms with Gasteiger partial charge in [-0.25, -0.2) is 0 Å². The maximum Gasteiger partial charge on any atom is 0.261 e. The highest BCUT2D eigenvalue weighted by Gasteiger charge is 2.40. The highest BCUT2D eigenvalue weighted by molar-refractivity contribution is 6.22. The molecule has 0 radical (unpaired) electrons. The van der Waals surface area contributed by atoms with E-state index in [4.69, 9.17) is 0 Å². The molecule has 2 aliphatic heterocycles. The van der Waals surface area contributed by atoms with Gasteiger partial charge in [0.05, 0.1) is 11.1 Å². The lowest BCUT2D eigenvalue weighted by Gasteiger charge is -2.31. The van der Waals surface area contributed by atoms with Crippen LogP contribution in [0, 0.1) is 0 Å². The second-order valence-electron chi connectivity index (χ2n) is 7.93. The minimum absolute atomic E-state index is 0. The van der Waals surface area contributed by atoms with E-state index in [1.807, 2.05) is 7.05 Å². The molecular formula is C21H28ClN3O3. The molecule has 0 spiro atoms. The third-order valence-corrected chi connectivity index (χ3v) is 6.28. The largest absolute Gasteiger partial charge is 0.339 e. The maximum atomic E-state index is 12.9. The van der Waals surface area contributed by atoms with Crippen LogP contribution in [0.5, 0.6) is 0 Å². The van der Waals surface area contributed by atoms with Gasteiger partial charge in [-0.1, -0.05) is 19.3 Å². The molecule has 0 aromatic heterocycles. The highest BCUT2D eigenvalue weighted by atomic mass is 35.5. The molecule has 1 aromatic carbocycles. The van der Waals surface area contributed by atoms with E-state index in [-0.39, 0.29) is 42.2 Å². The van der Waals surface area contributed by atoms with E-state index in [0.717, 1.165) is 51.6 Å². The molecule has 1 saturated heterocycles. The SMILES string of the molecule is CN(C(=O)c1ccc2c(c1)C(=O)N(C1CCCCC1)C2=O)C1CCNCC1.Cl. The molecule has 2 fully saturated rings. The molecule has 0 atom stereocenters. The summed E-state index contributed by atoms with van der Waals surface area (Å²) in [7, 11) is 1.83. The predicted molar refractivity (Wildman–Crippen MR) is 109 cm³/mol. The second kappa shape index (κ2) is 8.62. The number of fused-ring (bicyclic) bond motifs is 1. The highest BCUT2D eigenvalue weighted by Crippen LogP contribution is 2.31. The van der Waals surface area contributed by atoms with E-state index in [2.05, 4.69) is 5.32 Å². The number of benzene rings is 1. The molecule has 3 amide bonds. The molecular weight excluding hydrogens is 378 g/mol. The van der Waals surface area contributed by atoms with E-state index >= 15 is 0 Å². The molecule has 1 saturated carbocycles. The summed E-state index contributed by atoms with van der Waals surface area (Å²) in [6.45, 7) is 1.83. The number of piperidine rings is 1. The summed E-state index contributed by atoms with van der Waals surface area (Å²) < 4.78 is 0. The van der Waals surface area contributed by atoms with Crippen molar-refractivity contribution in [2.24, 2.45) is 0 Å². The van der Waals surface area contributed by atoms with E-state index in [1.54, 1.807) is 23.1 Å². The fraction of sp³-hybridized carbons (Fsp3) is 0.571. The smallest absolute Gasteiger partial charge is 0.261 e. The Balaban J connectivity index is 0.00000225. The van der Waals surface area contributed by atoms with Gasteiger partial charge in [0.1, 0.15) is 0 Å². The van der Waals surface area contributed by atoms with Gasteiger partial charge in [-0.15, -0.1) is 12.4 Å². The number of rotatable bonds is 3. The van der Waals surface area contributed by atoms with Crippen LogP contribution in [0.3, 0.4) is 0 Å². The standard InChI is InChI=1S/C21H27N3O3.ClH/c1-23(15-9-11-22-12-10-15)19(25)14-7-8-17-18(13-14)21(27)24(20(17)26)16-5-3-2-4-6-16;/h7-8,13,15-16,22H,2-6,9-12H2,1H3;1H. The molecule has 4 rings (SSSR count). The number of imide groups is 1. The van der Waals surface area contributed by atoms with Crippen LogP contribution >= 0.6 is 12.4 Å². The third-order valence-electron chi connectivity index (χ3n) is 6.28. The summed E-state index contributed by atoms with van der Waals surface area (Å²) in [4.78, 5) is 41.8. The van der Waals surface area contributed by atoms with Crippen molar-refractivity contribution < 1.29 is 14.4 Å². The van der Waals surface area contributed by atoms with Gasteiger partial charge in [-0.05, 0) is 57.0 Å². The fourth-order valence-corrected chi connectivity index (χ4v) is 4.63. The zero-order valence-corrected chi connectivity index (χ0v) is 17.1. The first-order chi connectivity index (χ1) is 13.1. The normalized spacial score (nSPS) is 20.7. The maximum absolute atomic E-state index is 12.9. The average Bonchev–Trinajstić information content (AvgIpc) is 2.98. The number of halogens is 1. The number of hydrogen-bond acceptors (Lipinski definition) is 4. The summed E-state index contributed by atoms with van der Waals surface area (Å²) in [5.41, 5.74) is 1.31. The van der Waals surface area contributed by atoms with Crippen LogP contribution in [-0.4, -0.2) is 59.7 Å². The van der Waals surface area contributed by atoms with Crippen molar-refractivity contribution in [1.29, 1.82) is 0 Å². The molecule has 152 valence electrons. The Hall–Kier alpha value is -1.92. The number of carbonyl (C=O) groups excluding carboxylic acids is 3. The molecule has 2 heterocycles. The van der Waals surface area contributed by atoms with Crippen molar-refractivity contribution in [2.45, 2.75) is 57.0 Å². The topological polar surface area (TPSA) is 69.7 Å². The van der Waals surface area contributed by atoms with Crippen LogP contribution in [0.1, 0.15) is 76.0 Å². The lowest BCUT2D eigenvalue weighted by molar-refractivity contribution is 0.0548. The zero-order chi connectivity index (χ0) is 19.0. The molecule has 1 N–H and O–H groups in total. The summed E-state index contributed by atoms with van der Waals surface area (Å²) in [5, 5.41) is 3.30. The number of nitrogens with one attached hydrogen (secondary N) is 1. The van der Waals surface area contributed by atoms with Crippen LogP contribution in [0.15, 0.2) is 18.2 Å². The van der Waals surface area contributed by atoms with Crippen molar-refractivity contribution in [3.05, 3.63) is 34.9 Å². The lowest BCUT2D eigenvalue weighted by Crippen LogP contribution is -2.44. The first kappa shape index (κ1) is 20.8. The van der Waals surface area contributed by atoms with E-state index < -0.39 is 0 Å². The second-order valence-corrected chi connectivity index (χ2v) is 7.93. The van der Waals surface area contributed by atoms with Crippen LogP contribution < -0.4 is 5.32 Å². The third kappa shape index (κ3) is 3.67. The fourth-order valence-electron chi connectivity index (χ4n) is 4.63. The Kier molecular flexibility index (Phi) is 6.40. The Morgan fingerprint density at radius 1 is 1.00 bits per heavy atom. The summed E-state index contributed by atoms with van der Waals surface area (Å²) in [6.07, 6.45) is 6.92. The van der Waals surface area contributed by atoms with E-state index in [1.165, 1.54) is 11.3 Å². The molecule has 0 unspecified atom stereocenters. The quantitative estimate of drug-likeness (QED) is 0.785. The molecule has 0 bridgehead atoms. The Bertz CT molecular complexity index is 770. The van der Waals surface area contributed by atoms with Gasteiger partial charge in [-0.3, -0.25) is 19.3 Å². The minimum atomic E-state index is -0.235. The van der Waals surface area contributed by atoms with Gasteiger partial charge in [0, 0.05) is 24.7 Å². The summed E-state index contributed by atoms with van der Waals surface area (Å²) >= 11 is 0. The van der Waals surface area contributed by atoms with Crippen molar-refractivity contribution in [3.63, 3.8) is 0 Å². The number of amides is 3. The minimum Gasteiger partial charge on any atom is -0.339 e. The molecule has 3 aliphatic rings. The van der Waals surface area contributed by atoms with Gasteiger partial charge in [-0.2, -0.15) is 0 Å². The summed E-state index contributed by atoms with van der Waals surface area (Å²) in [6, 6.07) is 5.18. The van der Waals surface area contributed by atoms with Crippen LogP contribution in [-0.2, 0) is 0 Å². The van der Waals surface area contributed by atoms with Crippen molar-refractivity contribution in [1.82, 2.24) is 15.1 Å². The van der Waals surface area contributed by atoms with E-state index in [0.29, 0.717) is 16.7 Å². The molecule has 28 heavy (non-hydrogen) atoms. The van der Waals surface area contributed by atoms with Crippen LogP contribution in [0.25, 0.3) is 0 Å². The first-order valence-corrected chi connectivity index (χ1v) is 10.1. The van der Waals surface area contributed by atoms with Gasteiger partial charge >= 0.3 is 0 Å². The Morgan fingerprint density at radius 3 is 2.32 bits per heavy atom. The van der Waals surface area contributed by atoms with Crippen molar-refractivity contribution in [3.8, 4) is 0 Å². The molecule has 1 aliphatic carbocycles. The Labute approximate surface area is 172 Å². The van der Waals surface area contributed by atoms with Crippen LogP contribution in [0.4, 0.5) is 0 Å². The molecule has 6 nitrogen and oxygen atoms in total. The number of carbonyl (C=O) groups is 3. The zero-order valence-electron chi connectivity index (χ0n) is 16.3. The predicted octanol–water partition coefficient (Wildman–Crippen LogP) is 2.86. The monoisotopic (exact) mass is 405 g/mol. The van der Waals surface area contributed by atoms with Crippen molar-refractivity contribution >= 4 is 30.1 Å². The summed E-state index contributed by atoms with van der Waals surface area (Å²) in [5.74, 6) is -0.519.